The van der Waals surface area contributed by atoms with Crippen LogP contribution in [0.2, 0.25) is 0 Å². The van der Waals surface area contributed by atoms with Gasteiger partial charge in [-0.15, -0.1) is 0 Å². The average Bonchev–Trinajstić information content (AvgIpc) is 2.84. The third kappa shape index (κ3) is 2.12. The fraction of sp³-hybridized carbons (Fsp3) is 0.650. The van der Waals surface area contributed by atoms with E-state index in [2.05, 4.69) is 19.0 Å². The van der Waals surface area contributed by atoms with Crippen LogP contribution in [0.5, 0.6) is 5.75 Å². The van der Waals surface area contributed by atoms with Crippen LogP contribution in [0.3, 0.4) is 0 Å². The van der Waals surface area contributed by atoms with E-state index in [1.165, 1.54) is 42.5 Å². The minimum absolute atomic E-state index is 0.236. The molecule has 0 radical (unpaired) electrons. The van der Waals surface area contributed by atoms with Gasteiger partial charge in [-0.05, 0) is 92.0 Å². The largest absolute Gasteiger partial charge is 0.508 e. The number of phenolic OH excluding ortho intramolecular Hbond substituents is 1. The molecule has 0 aliphatic heterocycles. The first-order chi connectivity index (χ1) is 11.0. The minimum Gasteiger partial charge on any atom is -0.508 e. The van der Waals surface area contributed by atoms with E-state index in [1.807, 2.05) is 12.1 Å². The maximum Gasteiger partial charge on any atom is 0.116 e. The van der Waals surface area contributed by atoms with Gasteiger partial charge in [-0.25, -0.2) is 0 Å². The Labute approximate surface area is 138 Å². The van der Waals surface area contributed by atoms with Gasteiger partial charge in [0.05, 0.1) is 5.71 Å². The molecule has 124 valence electrons. The number of aromatic hydroxyl groups is 1. The summed E-state index contributed by atoms with van der Waals surface area (Å²) in [6.45, 7) is 4.58. The molecule has 2 fully saturated rings. The zero-order chi connectivity index (χ0) is 16.2. The van der Waals surface area contributed by atoms with Crippen molar-refractivity contribution in [1.82, 2.24) is 0 Å². The van der Waals surface area contributed by atoms with Crippen LogP contribution >= 0.6 is 0 Å². The Bertz CT molecular complexity index is 666. The van der Waals surface area contributed by atoms with Gasteiger partial charge in [0.1, 0.15) is 12.9 Å². The topological polar surface area (TPSA) is 41.8 Å². The molecule has 0 saturated heterocycles. The van der Waals surface area contributed by atoms with Gasteiger partial charge in [0, 0.05) is 5.41 Å². The zero-order valence-corrected chi connectivity index (χ0v) is 14.4. The molecule has 0 heterocycles. The summed E-state index contributed by atoms with van der Waals surface area (Å²) >= 11 is 0. The third-order valence-corrected chi connectivity index (χ3v) is 6.95. The molecule has 0 bridgehead atoms. The molecule has 1 aromatic rings. The lowest BCUT2D eigenvalue weighted by Gasteiger charge is -2.49. The molecule has 2 saturated carbocycles. The second kappa shape index (κ2) is 5.25. The van der Waals surface area contributed by atoms with E-state index in [1.54, 1.807) is 12.7 Å². The first-order valence-electron chi connectivity index (χ1n) is 8.97. The molecule has 4 atom stereocenters. The van der Waals surface area contributed by atoms with Crippen LogP contribution in [0.1, 0.15) is 61.6 Å². The van der Waals surface area contributed by atoms with E-state index in [9.17, 15) is 5.11 Å². The molecule has 1 aromatic carbocycles. The van der Waals surface area contributed by atoms with Crippen molar-refractivity contribution in [1.29, 1.82) is 0 Å². The van der Waals surface area contributed by atoms with Crippen molar-refractivity contribution in [2.75, 3.05) is 7.11 Å². The van der Waals surface area contributed by atoms with Crippen molar-refractivity contribution in [2.24, 2.45) is 22.4 Å². The van der Waals surface area contributed by atoms with Gasteiger partial charge in [-0.2, -0.15) is 0 Å². The Morgan fingerprint density at radius 3 is 2.83 bits per heavy atom. The number of benzene rings is 1. The number of hydrogen-bond acceptors (Lipinski definition) is 3. The monoisotopic (exact) mass is 313 g/mol. The van der Waals surface area contributed by atoms with E-state index >= 15 is 0 Å². The van der Waals surface area contributed by atoms with Crippen LogP contribution in [-0.4, -0.2) is 17.9 Å². The van der Waals surface area contributed by atoms with Crippen molar-refractivity contribution >= 4 is 5.71 Å². The van der Waals surface area contributed by atoms with Gasteiger partial charge in [-0.3, -0.25) is 0 Å². The smallest absolute Gasteiger partial charge is 0.116 e. The SMILES string of the molecule is CO/N=C1\CC[C@H]2[C@@H]3CCc4cc(O)cc(C)c4[C@H]3CC[C@]12C. The van der Waals surface area contributed by atoms with Crippen LogP contribution in [0.15, 0.2) is 17.3 Å². The predicted molar refractivity (Wildman–Crippen MR) is 91.9 cm³/mol. The van der Waals surface area contributed by atoms with E-state index in [4.69, 9.17) is 4.84 Å². The highest BCUT2D eigenvalue weighted by Gasteiger charge is 2.53. The Balaban J connectivity index is 1.72. The molecule has 0 amide bonds. The first-order valence-corrected chi connectivity index (χ1v) is 8.97. The molecule has 3 heteroatoms. The Hall–Kier alpha value is -1.51. The van der Waals surface area contributed by atoms with Crippen LogP contribution in [-0.2, 0) is 11.3 Å². The second-order valence-corrected chi connectivity index (χ2v) is 7.97. The number of hydrogen-bond donors (Lipinski definition) is 1. The average molecular weight is 313 g/mol. The first kappa shape index (κ1) is 15.0. The van der Waals surface area contributed by atoms with E-state index in [-0.39, 0.29) is 5.41 Å². The summed E-state index contributed by atoms with van der Waals surface area (Å²) in [5.41, 5.74) is 5.73. The van der Waals surface area contributed by atoms with Crippen molar-refractivity contribution in [2.45, 2.75) is 58.3 Å². The lowest BCUT2D eigenvalue weighted by atomic mass is 9.55. The molecule has 3 nitrogen and oxygen atoms in total. The van der Waals surface area contributed by atoms with Crippen LogP contribution < -0.4 is 0 Å². The lowest BCUT2D eigenvalue weighted by molar-refractivity contribution is 0.0921. The fourth-order valence-corrected chi connectivity index (χ4v) is 6.01. The molecule has 0 aromatic heterocycles. The number of phenols is 1. The van der Waals surface area contributed by atoms with Crippen molar-refractivity contribution in [3.8, 4) is 5.75 Å². The Morgan fingerprint density at radius 1 is 1.22 bits per heavy atom. The van der Waals surface area contributed by atoms with Gasteiger partial charge < -0.3 is 9.94 Å². The Morgan fingerprint density at radius 2 is 2.04 bits per heavy atom. The van der Waals surface area contributed by atoms with Crippen LogP contribution in [0.4, 0.5) is 0 Å². The highest BCUT2D eigenvalue weighted by atomic mass is 16.6. The standard InChI is InChI=1S/C20H27NO2/c1-12-10-14(22)11-13-4-5-15-16(19(12)13)8-9-20(2)17(15)6-7-18(20)21-23-3/h10-11,15-17,22H,4-9H2,1-3H3/b21-18+/t15-,16+,17+,20+/m1/s1. The summed E-state index contributed by atoms with van der Waals surface area (Å²) in [5, 5.41) is 14.3. The molecule has 23 heavy (non-hydrogen) atoms. The van der Waals surface area contributed by atoms with Crippen molar-refractivity contribution in [3.63, 3.8) is 0 Å². The van der Waals surface area contributed by atoms with Gasteiger partial charge in [0.15, 0.2) is 0 Å². The van der Waals surface area contributed by atoms with Crippen LogP contribution in [0.25, 0.3) is 0 Å². The number of nitrogens with zero attached hydrogens (tertiary/aromatic N) is 1. The highest BCUT2D eigenvalue weighted by Crippen LogP contribution is 2.60. The fourth-order valence-electron chi connectivity index (χ4n) is 6.01. The summed E-state index contributed by atoms with van der Waals surface area (Å²) in [7, 11) is 1.67. The van der Waals surface area contributed by atoms with Gasteiger partial charge >= 0.3 is 0 Å². The maximum atomic E-state index is 9.92. The molecule has 4 rings (SSSR count). The number of aryl methyl sites for hydroxylation is 2. The quantitative estimate of drug-likeness (QED) is 0.772. The maximum absolute atomic E-state index is 9.92. The summed E-state index contributed by atoms with van der Waals surface area (Å²) in [4.78, 5) is 5.12. The minimum atomic E-state index is 0.236. The zero-order valence-electron chi connectivity index (χ0n) is 14.4. The predicted octanol–water partition coefficient (Wildman–Crippen LogP) is 4.56. The molecule has 3 aliphatic rings. The van der Waals surface area contributed by atoms with E-state index in [0.29, 0.717) is 11.7 Å². The highest BCUT2D eigenvalue weighted by molar-refractivity contribution is 5.92. The molecule has 0 spiro atoms. The summed E-state index contributed by atoms with van der Waals surface area (Å²) in [6.07, 6.45) is 7.15. The number of fused-ring (bicyclic) bond motifs is 5. The number of oxime groups is 1. The van der Waals surface area contributed by atoms with Gasteiger partial charge in [0.25, 0.3) is 0 Å². The summed E-state index contributed by atoms with van der Waals surface area (Å²) < 4.78 is 0. The molecule has 1 N–H and O–H groups in total. The molecular weight excluding hydrogens is 286 g/mol. The third-order valence-electron chi connectivity index (χ3n) is 6.95. The second-order valence-electron chi connectivity index (χ2n) is 7.97. The summed E-state index contributed by atoms with van der Waals surface area (Å²) in [6, 6.07) is 3.94. The van der Waals surface area contributed by atoms with Gasteiger partial charge in [-0.1, -0.05) is 12.1 Å². The van der Waals surface area contributed by atoms with Crippen molar-refractivity contribution in [3.05, 3.63) is 28.8 Å². The van der Waals surface area contributed by atoms with E-state index in [0.717, 1.165) is 24.7 Å². The molecule has 0 unspecified atom stereocenters. The van der Waals surface area contributed by atoms with Crippen LogP contribution in [0, 0.1) is 24.2 Å². The Kier molecular flexibility index (Phi) is 3.44. The normalized spacial score (nSPS) is 37.2. The lowest BCUT2D eigenvalue weighted by Crippen LogP contribution is -2.42. The van der Waals surface area contributed by atoms with Crippen molar-refractivity contribution < 1.29 is 9.94 Å². The van der Waals surface area contributed by atoms with Gasteiger partial charge in [0.2, 0.25) is 0 Å². The molecule has 3 aliphatic carbocycles. The molecular formula is C20H27NO2. The summed E-state index contributed by atoms with van der Waals surface area (Å²) in [5.74, 6) is 2.58. The number of rotatable bonds is 1. The van der Waals surface area contributed by atoms with E-state index < -0.39 is 0 Å².